The summed E-state index contributed by atoms with van der Waals surface area (Å²) in [6.45, 7) is 0.642. The van der Waals surface area contributed by atoms with Gasteiger partial charge in [-0.1, -0.05) is 6.07 Å². The lowest BCUT2D eigenvalue weighted by atomic mass is 10.2. The number of hydrogen-bond donors (Lipinski definition) is 1. The third-order valence-corrected chi connectivity index (χ3v) is 1.83. The Morgan fingerprint density at radius 3 is 2.64 bits per heavy atom. The fraction of sp³-hybridized carbons (Fsp3) is 0.400. The molecular weight excluding hydrogens is 182 g/mol. The lowest BCUT2D eigenvalue weighted by Gasteiger charge is -2.10. The molecular formula is C10H15NO3. The van der Waals surface area contributed by atoms with Gasteiger partial charge in [0.1, 0.15) is 11.5 Å². The van der Waals surface area contributed by atoms with Gasteiger partial charge in [-0.05, 0) is 6.07 Å². The van der Waals surface area contributed by atoms with Crippen molar-refractivity contribution in [3.63, 3.8) is 0 Å². The first-order valence-electron chi connectivity index (χ1n) is 4.30. The van der Waals surface area contributed by atoms with Gasteiger partial charge in [0.05, 0.1) is 7.11 Å². The van der Waals surface area contributed by atoms with Crippen molar-refractivity contribution in [1.29, 1.82) is 0 Å². The zero-order valence-electron chi connectivity index (χ0n) is 8.45. The lowest BCUT2D eigenvalue weighted by molar-refractivity contribution is 0.0503. The maximum Gasteiger partial charge on any atom is 0.188 e. The average molecular weight is 197 g/mol. The Balaban J connectivity index is 2.84. The fourth-order valence-corrected chi connectivity index (χ4v) is 1.09. The second kappa shape index (κ2) is 5.47. The van der Waals surface area contributed by atoms with Gasteiger partial charge >= 0.3 is 0 Å². The van der Waals surface area contributed by atoms with E-state index in [1.54, 1.807) is 20.3 Å². The maximum atomic E-state index is 5.55. The van der Waals surface area contributed by atoms with Crippen LogP contribution in [-0.4, -0.2) is 21.0 Å². The van der Waals surface area contributed by atoms with E-state index < -0.39 is 0 Å². The number of hydrogen-bond acceptors (Lipinski definition) is 4. The van der Waals surface area contributed by atoms with Crippen molar-refractivity contribution in [2.45, 2.75) is 6.54 Å². The fourth-order valence-electron chi connectivity index (χ4n) is 1.09. The van der Waals surface area contributed by atoms with E-state index >= 15 is 0 Å². The predicted octanol–water partition coefficient (Wildman–Crippen LogP) is 1.14. The zero-order valence-corrected chi connectivity index (χ0v) is 8.45. The van der Waals surface area contributed by atoms with Gasteiger partial charge in [0.15, 0.2) is 6.79 Å². The van der Waals surface area contributed by atoms with Gasteiger partial charge in [0.2, 0.25) is 0 Å². The lowest BCUT2D eigenvalue weighted by Crippen LogP contribution is -2.05. The summed E-state index contributed by atoms with van der Waals surface area (Å²) >= 11 is 0. The molecule has 0 amide bonds. The Bertz CT molecular complexity index is 289. The highest BCUT2D eigenvalue weighted by molar-refractivity contribution is 5.40. The monoisotopic (exact) mass is 197 g/mol. The molecule has 78 valence electrons. The summed E-state index contributed by atoms with van der Waals surface area (Å²) in [5.74, 6) is 1.45. The highest BCUT2D eigenvalue weighted by Gasteiger charge is 2.03. The Morgan fingerprint density at radius 1 is 1.29 bits per heavy atom. The highest BCUT2D eigenvalue weighted by Crippen LogP contribution is 2.24. The van der Waals surface area contributed by atoms with Crippen LogP contribution < -0.4 is 15.2 Å². The van der Waals surface area contributed by atoms with Crippen LogP contribution in [-0.2, 0) is 11.3 Å². The van der Waals surface area contributed by atoms with Crippen molar-refractivity contribution in [1.82, 2.24) is 0 Å². The van der Waals surface area contributed by atoms with Crippen LogP contribution in [0.4, 0.5) is 0 Å². The molecule has 0 heterocycles. The van der Waals surface area contributed by atoms with E-state index in [0.717, 1.165) is 11.3 Å². The minimum atomic E-state index is 0.208. The molecule has 0 aromatic heterocycles. The van der Waals surface area contributed by atoms with Crippen molar-refractivity contribution in [2.75, 3.05) is 21.0 Å². The highest BCUT2D eigenvalue weighted by atomic mass is 16.7. The molecule has 4 heteroatoms. The molecule has 1 rings (SSSR count). The molecule has 0 saturated heterocycles. The van der Waals surface area contributed by atoms with Gasteiger partial charge in [-0.15, -0.1) is 0 Å². The van der Waals surface area contributed by atoms with Gasteiger partial charge in [0, 0.05) is 25.3 Å². The average Bonchev–Trinajstić information content (AvgIpc) is 2.25. The van der Waals surface area contributed by atoms with E-state index in [2.05, 4.69) is 0 Å². The molecule has 0 aliphatic rings. The molecule has 2 N–H and O–H groups in total. The summed E-state index contributed by atoms with van der Waals surface area (Å²) in [4.78, 5) is 0. The number of rotatable bonds is 5. The molecule has 0 fully saturated rings. The van der Waals surface area contributed by atoms with E-state index in [1.165, 1.54) is 0 Å². The van der Waals surface area contributed by atoms with Crippen molar-refractivity contribution < 1.29 is 14.2 Å². The number of ether oxygens (including phenoxy) is 3. The molecule has 0 spiro atoms. The SMILES string of the molecule is COCOc1cc(OC)ccc1CN. The standard InChI is InChI=1S/C10H15NO3/c1-12-7-14-10-5-9(13-2)4-3-8(10)6-11/h3-5H,6-7,11H2,1-2H3. The summed E-state index contributed by atoms with van der Waals surface area (Å²) in [5, 5.41) is 0. The van der Waals surface area contributed by atoms with E-state index in [9.17, 15) is 0 Å². The van der Waals surface area contributed by atoms with Crippen LogP contribution in [0, 0.1) is 0 Å². The smallest absolute Gasteiger partial charge is 0.188 e. The summed E-state index contributed by atoms with van der Waals surface area (Å²) in [7, 11) is 3.18. The molecule has 1 aromatic rings. The first kappa shape index (κ1) is 10.8. The molecule has 0 aliphatic heterocycles. The summed E-state index contributed by atoms with van der Waals surface area (Å²) in [5.41, 5.74) is 6.49. The maximum absolute atomic E-state index is 5.55. The van der Waals surface area contributed by atoms with Gasteiger partial charge in [0.25, 0.3) is 0 Å². The van der Waals surface area contributed by atoms with Gasteiger partial charge in [-0.25, -0.2) is 0 Å². The molecule has 1 aromatic carbocycles. The molecule has 0 bridgehead atoms. The second-order valence-electron chi connectivity index (χ2n) is 2.73. The number of nitrogens with two attached hydrogens (primary N) is 1. The van der Waals surface area contributed by atoms with E-state index in [0.29, 0.717) is 12.3 Å². The Hall–Kier alpha value is -1.26. The van der Waals surface area contributed by atoms with E-state index in [-0.39, 0.29) is 6.79 Å². The third-order valence-electron chi connectivity index (χ3n) is 1.83. The van der Waals surface area contributed by atoms with Crippen LogP contribution in [0.2, 0.25) is 0 Å². The second-order valence-corrected chi connectivity index (χ2v) is 2.73. The first-order valence-corrected chi connectivity index (χ1v) is 4.30. The van der Waals surface area contributed by atoms with E-state index in [1.807, 2.05) is 12.1 Å². The Kier molecular flexibility index (Phi) is 4.22. The quantitative estimate of drug-likeness (QED) is 0.719. The third kappa shape index (κ3) is 2.61. The normalized spacial score (nSPS) is 9.93. The number of benzene rings is 1. The Labute approximate surface area is 83.6 Å². The van der Waals surface area contributed by atoms with Gasteiger partial charge in [-0.3, -0.25) is 0 Å². The van der Waals surface area contributed by atoms with Crippen molar-refractivity contribution >= 4 is 0 Å². The van der Waals surface area contributed by atoms with Crippen molar-refractivity contribution in [3.8, 4) is 11.5 Å². The molecule has 0 unspecified atom stereocenters. The molecule has 4 nitrogen and oxygen atoms in total. The van der Waals surface area contributed by atoms with Crippen LogP contribution in [0.3, 0.4) is 0 Å². The van der Waals surface area contributed by atoms with Crippen LogP contribution >= 0.6 is 0 Å². The molecule has 0 radical (unpaired) electrons. The first-order chi connectivity index (χ1) is 6.81. The Morgan fingerprint density at radius 2 is 2.07 bits per heavy atom. The van der Waals surface area contributed by atoms with Crippen LogP contribution in [0.25, 0.3) is 0 Å². The minimum Gasteiger partial charge on any atom is -0.497 e. The van der Waals surface area contributed by atoms with Gasteiger partial charge in [-0.2, -0.15) is 0 Å². The summed E-state index contributed by atoms with van der Waals surface area (Å²) in [6.07, 6.45) is 0. The minimum absolute atomic E-state index is 0.208. The van der Waals surface area contributed by atoms with Gasteiger partial charge < -0.3 is 19.9 Å². The molecule has 0 saturated carbocycles. The summed E-state index contributed by atoms with van der Waals surface area (Å²) in [6, 6.07) is 5.52. The summed E-state index contributed by atoms with van der Waals surface area (Å²) < 4.78 is 15.2. The molecule has 0 atom stereocenters. The van der Waals surface area contributed by atoms with E-state index in [4.69, 9.17) is 19.9 Å². The van der Waals surface area contributed by atoms with Crippen molar-refractivity contribution in [3.05, 3.63) is 23.8 Å². The largest absolute Gasteiger partial charge is 0.497 e. The topological polar surface area (TPSA) is 53.7 Å². The van der Waals surface area contributed by atoms with Crippen LogP contribution in [0.5, 0.6) is 11.5 Å². The molecule has 0 aliphatic carbocycles. The molecule has 14 heavy (non-hydrogen) atoms. The number of methoxy groups -OCH3 is 2. The predicted molar refractivity (Wildman–Crippen MR) is 53.4 cm³/mol. The van der Waals surface area contributed by atoms with Crippen LogP contribution in [0.1, 0.15) is 5.56 Å². The zero-order chi connectivity index (χ0) is 10.4. The van der Waals surface area contributed by atoms with Crippen molar-refractivity contribution in [2.24, 2.45) is 5.73 Å². The van der Waals surface area contributed by atoms with Crippen LogP contribution in [0.15, 0.2) is 18.2 Å².